The van der Waals surface area contributed by atoms with Gasteiger partial charge in [-0.25, -0.2) is 4.79 Å². The highest BCUT2D eigenvalue weighted by atomic mass is 19.4. The third-order valence-electron chi connectivity index (χ3n) is 3.95. The minimum atomic E-state index is -4.49. The summed E-state index contributed by atoms with van der Waals surface area (Å²) >= 11 is 0. The number of halogens is 3. The molecule has 0 aromatic heterocycles. The Morgan fingerprint density at radius 1 is 1.04 bits per heavy atom. The number of nitrogens with one attached hydrogen (secondary N) is 1. The highest BCUT2D eigenvalue weighted by Crippen LogP contribution is 2.33. The third kappa shape index (κ3) is 5.22. The first-order chi connectivity index (χ1) is 12.5. The topological polar surface area (TPSA) is 75.6 Å². The van der Waals surface area contributed by atoms with Gasteiger partial charge in [0.25, 0.3) is 0 Å². The molecule has 1 amide bonds. The molecule has 0 atom stereocenters. The zero-order valence-electron chi connectivity index (χ0n) is 14.6. The molecule has 0 aliphatic heterocycles. The minimum absolute atomic E-state index is 0.233. The first-order valence-electron chi connectivity index (χ1n) is 7.94. The first-order valence-corrected chi connectivity index (χ1v) is 7.94. The lowest BCUT2D eigenvalue weighted by Gasteiger charge is -2.25. The molecular weight excluding hydrogens is 363 g/mol. The van der Waals surface area contributed by atoms with Gasteiger partial charge in [0, 0.05) is 5.69 Å². The summed E-state index contributed by atoms with van der Waals surface area (Å²) in [6.45, 7) is 2.57. The van der Waals surface area contributed by atoms with Gasteiger partial charge in [-0.05, 0) is 49.7 Å². The summed E-state index contributed by atoms with van der Waals surface area (Å²) in [6.07, 6.45) is -4.49. The number of anilines is 1. The van der Waals surface area contributed by atoms with Crippen molar-refractivity contribution in [3.05, 3.63) is 59.7 Å². The number of ether oxygens (including phenoxy) is 1. The summed E-state index contributed by atoms with van der Waals surface area (Å²) in [5.74, 6) is -1.29. The average molecular weight is 381 g/mol. The van der Waals surface area contributed by atoms with Gasteiger partial charge in [0.15, 0.2) is 6.61 Å². The Morgan fingerprint density at radius 3 is 2.19 bits per heavy atom. The van der Waals surface area contributed by atoms with Gasteiger partial charge in [0.1, 0.15) is 5.75 Å². The molecule has 0 radical (unpaired) electrons. The van der Waals surface area contributed by atoms with E-state index in [1.807, 2.05) is 0 Å². The van der Waals surface area contributed by atoms with E-state index in [1.165, 1.54) is 50.2 Å². The molecule has 0 spiro atoms. The fourth-order valence-corrected chi connectivity index (χ4v) is 2.28. The van der Waals surface area contributed by atoms with Crippen LogP contribution in [0.1, 0.15) is 25.0 Å². The molecule has 27 heavy (non-hydrogen) atoms. The minimum Gasteiger partial charge on any atom is -0.482 e. The van der Waals surface area contributed by atoms with E-state index >= 15 is 0 Å². The van der Waals surface area contributed by atoms with Crippen LogP contribution in [-0.2, 0) is 21.2 Å². The Balaban J connectivity index is 2.13. The zero-order valence-corrected chi connectivity index (χ0v) is 14.6. The molecule has 0 saturated heterocycles. The summed E-state index contributed by atoms with van der Waals surface area (Å²) in [5, 5.41) is 11.2. The molecule has 2 rings (SSSR count). The molecular formula is C19H18F3NO4. The van der Waals surface area contributed by atoms with Crippen molar-refractivity contribution in [3.8, 4) is 5.75 Å². The quantitative estimate of drug-likeness (QED) is 0.791. The number of hydrogen-bond donors (Lipinski definition) is 2. The van der Waals surface area contributed by atoms with Crippen LogP contribution in [0.2, 0.25) is 0 Å². The maximum atomic E-state index is 12.9. The number of aliphatic carboxylic acids is 1. The molecule has 0 aliphatic carbocycles. The highest BCUT2D eigenvalue weighted by molar-refractivity contribution is 5.98. The van der Waals surface area contributed by atoms with Crippen LogP contribution in [0.5, 0.6) is 5.75 Å². The van der Waals surface area contributed by atoms with Gasteiger partial charge < -0.3 is 15.2 Å². The van der Waals surface area contributed by atoms with Crippen molar-refractivity contribution < 1.29 is 32.6 Å². The van der Waals surface area contributed by atoms with Gasteiger partial charge in [-0.3, -0.25) is 4.79 Å². The Labute approximate surface area is 153 Å². The summed E-state index contributed by atoms with van der Waals surface area (Å²) in [4.78, 5) is 23.1. The van der Waals surface area contributed by atoms with Crippen LogP contribution >= 0.6 is 0 Å². The van der Waals surface area contributed by atoms with Crippen molar-refractivity contribution in [3.63, 3.8) is 0 Å². The van der Waals surface area contributed by atoms with E-state index < -0.39 is 35.6 Å². The monoisotopic (exact) mass is 381 g/mol. The van der Waals surface area contributed by atoms with Crippen molar-refractivity contribution in [1.29, 1.82) is 0 Å². The number of carbonyl (C=O) groups excluding carboxylic acids is 1. The summed E-state index contributed by atoms with van der Waals surface area (Å²) in [7, 11) is 0. The van der Waals surface area contributed by atoms with Crippen LogP contribution in [-0.4, -0.2) is 23.6 Å². The van der Waals surface area contributed by atoms with Gasteiger partial charge in [-0.1, -0.05) is 18.2 Å². The van der Waals surface area contributed by atoms with E-state index in [4.69, 9.17) is 9.84 Å². The molecule has 8 heteroatoms. The van der Waals surface area contributed by atoms with E-state index in [2.05, 4.69) is 5.32 Å². The predicted molar refractivity (Wildman–Crippen MR) is 92.7 cm³/mol. The summed E-state index contributed by atoms with van der Waals surface area (Å²) in [5.41, 5.74) is -1.39. The molecule has 2 N–H and O–H groups in total. The second-order valence-corrected chi connectivity index (χ2v) is 6.36. The lowest BCUT2D eigenvalue weighted by molar-refractivity contribution is -0.139. The lowest BCUT2D eigenvalue weighted by atomic mass is 9.83. The number of benzene rings is 2. The fraction of sp³-hybridized carbons (Fsp3) is 0.263. The fourth-order valence-electron chi connectivity index (χ4n) is 2.28. The molecule has 5 nitrogen and oxygen atoms in total. The van der Waals surface area contributed by atoms with Crippen LogP contribution < -0.4 is 10.1 Å². The molecule has 0 aliphatic rings. The van der Waals surface area contributed by atoms with Crippen molar-refractivity contribution in [2.45, 2.75) is 25.4 Å². The lowest BCUT2D eigenvalue weighted by Crippen LogP contribution is -2.35. The van der Waals surface area contributed by atoms with Crippen LogP contribution in [0, 0.1) is 0 Å². The third-order valence-corrected chi connectivity index (χ3v) is 3.95. The van der Waals surface area contributed by atoms with Crippen LogP contribution in [0.4, 0.5) is 18.9 Å². The van der Waals surface area contributed by atoms with Crippen molar-refractivity contribution in [2.75, 3.05) is 11.9 Å². The maximum absolute atomic E-state index is 12.9. The Morgan fingerprint density at radius 2 is 1.63 bits per heavy atom. The Hall–Kier alpha value is -3.03. The molecule has 0 saturated carbocycles. The number of carboxylic acid groups (broad SMARTS) is 1. The summed E-state index contributed by atoms with van der Waals surface area (Å²) in [6, 6.07) is 10.6. The molecule has 144 valence electrons. The van der Waals surface area contributed by atoms with Crippen LogP contribution in [0.15, 0.2) is 48.5 Å². The normalized spacial score (nSPS) is 11.7. The number of alkyl halides is 3. The second kappa shape index (κ2) is 7.69. The second-order valence-electron chi connectivity index (χ2n) is 6.36. The molecule has 0 unspecified atom stereocenters. The smallest absolute Gasteiger partial charge is 0.416 e. The van der Waals surface area contributed by atoms with E-state index in [9.17, 15) is 22.8 Å². The van der Waals surface area contributed by atoms with Crippen LogP contribution in [0.25, 0.3) is 0 Å². The number of amides is 1. The van der Waals surface area contributed by atoms with Crippen molar-refractivity contribution >= 4 is 17.6 Å². The van der Waals surface area contributed by atoms with Gasteiger partial charge >= 0.3 is 12.1 Å². The zero-order chi connectivity index (χ0) is 20.2. The maximum Gasteiger partial charge on any atom is 0.416 e. The van der Waals surface area contributed by atoms with E-state index in [0.29, 0.717) is 11.4 Å². The standard InChI is InChI=1S/C19H18F3NO4/c1-18(2,12-4-3-5-13(10-12)19(20,21)22)17(26)23-14-6-8-15(9-7-14)27-11-16(24)25/h3-10H,11H2,1-2H3,(H,23,26)(H,24,25). The van der Waals surface area contributed by atoms with E-state index in [1.54, 1.807) is 0 Å². The van der Waals surface area contributed by atoms with Crippen molar-refractivity contribution in [2.24, 2.45) is 0 Å². The molecule has 0 fully saturated rings. The summed E-state index contributed by atoms with van der Waals surface area (Å²) < 4.78 is 43.7. The SMILES string of the molecule is CC(C)(C(=O)Nc1ccc(OCC(=O)O)cc1)c1cccc(C(F)(F)F)c1. The van der Waals surface area contributed by atoms with Crippen molar-refractivity contribution in [1.82, 2.24) is 0 Å². The number of hydrogen-bond acceptors (Lipinski definition) is 3. The Kier molecular flexibility index (Phi) is 5.78. The highest BCUT2D eigenvalue weighted by Gasteiger charge is 2.34. The first kappa shape index (κ1) is 20.3. The number of carbonyl (C=O) groups is 2. The molecule has 0 heterocycles. The van der Waals surface area contributed by atoms with Gasteiger partial charge in [-0.15, -0.1) is 0 Å². The molecule has 0 bridgehead atoms. The number of carboxylic acids is 1. The van der Waals surface area contributed by atoms with E-state index in [-0.39, 0.29) is 5.56 Å². The average Bonchev–Trinajstić information content (AvgIpc) is 2.60. The van der Waals surface area contributed by atoms with E-state index in [0.717, 1.165) is 12.1 Å². The van der Waals surface area contributed by atoms with Gasteiger partial charge in [-0.2, -0.15) is 13.2 Å². The van der Waals surface area contributed by atoms with Gasteiger partial charge in [0.05, 0.1) is 11.0 Å². The number of rotatable bonds is 6. The Bertz CT molecular complexity index is 830. The van der Waals surface area contributed by atoms with Crippen LogP contribution in [0.3, 0.4) is 0 Å². The predicted octanol–water partition coefficient (Wildman–Crippen LogP) is 4.09. The largest absolute Gasteiger partial charge is 0.482 e. The molecule has 2 aromatic rings. The van der Waals surface area contributed by atoms with Gasteiger partial charge in [0.2, 0.25) is 5.91 Å². The molecule has 2 aromatic carbocycles.